The number of carboxylic acids is 1. The fourth-order valence-electron chi connectivity index (χ4n) is 3.94. The summed E-state index contributed by atoms with van der Waals surface area (Å²) in [6.45, 7) is 3.58. The summed E-state index contributed by atoms with van der Waals surface area (Å²) >= 11 is 0. The Morgan fingerprint density at radius 1 is 1.40 bits per heavy atom. The smallest absolute Gasteiger partial charge is 0.308 e. The van der Waals surface area contributed by atoms with Crippen molar-refractivity contribution < 1.29 is 9.90 Å². The highest BCUT2D eigenvalue weighted by Gasteiger charge is 2.40. The number of fused-ring (bicyclic) bond motifs is 2. The largest absolute Gasteiger partial charge is 0.481 e. The van der Waals surface area contributed by atoms with E-state index < -0.39 is 11.9 Å². The molecule has 110 valence electrons. The average Bonchev–Trinajstić information content (AvgIpc) is 3.12. The van der Waals surface area contributed by atoms with Gasteiger partial charge in [-0.25, -0.2) is 4.68 Å². The Kier molecular flexibility index (Phi) is 3.48. The minimum atomic E-state index is -0.807. The molecule has 0 amide bonds. The van der Waals surface area contributed by atoms with Crippen LogP contribution in [0.2, 0.25) is 0 Å². The molecule has 0 aromatic carbocycles. The number of aliphatic carboxylic acids is 1. The molecule has 3 rings (SSSR count). The lowest BCUT2D eigenvalue weighted by molar-refractivity contribution is -0.142. The van der Waals surface area contributed by atoms with E-state index in [1.54, 1.807) is 11.6 Å². The minimum absolute atomic E-state index is 0.212. The highest BCUT2D eigenvalue weighted by Crippen LogP contribution is 2.49. The van der Waals surface area contributed by atoms with E-state index in [1.165, 1.54) is 25.7 Å². The summed E-state index contributed by atoms with van der Waals surface area (Å²) in [6.07, 6.45) is 6.29. The summed E-state index contributed by atoms with van der Waals surface area (Å²) < 4.78 is 1.71. The van der Waals surface area contributed by atoms with Crippen molar-refractivity contribution in [3.05, 3.63) is 5.82 Å². The summed E-state index contributed by atoms with van der Waals surface area (Å²) in [5, 5.41) is 21.0. The van der Waals surface area contributed by atoms with E-state index in [9.17, 15) is 4.79 Å². The van der Waals surface area contributed by atoms with Crippen molar-refractivity contribution in [3.8, 4) is 0 Å². The first-order valence-corrected chi connectivity index (χ1v) is 7.55. The summed E-state index contributed by atoms with van der Waals surface area (Å²) in [5.41, 5.74) is 0. The fourth-order valence-corrected chi connectivity index (χ4v) is 3.94. The highest BCUT2D eigenvalue weighted by molar-refractivity contribution is 5.70. The molecule has 6 nitrogen and oxygen atoms in total. The molecule has 2 aliphatic carbocycles. The maximum atomic E-state index is 11.1. The van der Waals surface area contributed by atoms with Gasteiger partial charge in [0.1, 0.15) is 0 Å². The van der Waals surface area contributed by atoms with Gasteiger partial charge in [0.05, 0.1) is 12.0 Å². The molecule has 2 bridgehead atoms. The lowest BCUT2D eigenvalue weighted by Crippen LogP contribution is -2.25. The van der Waals surface area contributed by atoms with E-state index >= 15 is 0 Å². The Balaban J connectivity index is 1.72. The maximum absolute atomic E-state index is 11.1. The zero-order valence-corrected chi connectivity index (χ0v) is 12.1. The summed E-state index contributed by atoms with van der Waals surface area (Å²) in [6, 6.07) is -0.212. The first kappa shape index (κ1) is 13.5. The van der Waals surface area contributed by atoms with Crippen LogP contribution in [0.1, 0.15) is 51.4 Å². The van der Waals surface area contributed by atoms with Gasteiger partial charge in [0.25, 0.3) is 0 Å². The van der Waals surface area contributed by atoms with Crippen LogP contribution in [0.3, 0.4) is 0 Å². The zero-order chi connectivity index (χ0) is 14.3. The van der Waals surface area contributed by atoms with Crippen molar-refractivity contribution in [3.63, 3.8) is 0 Å². The fraction of sp³-hybridized carbons (Fsp3) is 0.857. The molecular formula is C14H22N4O2. The molecule has 2 aliphatic rings. The molecule has 0 saturated heterocycles. The Hall–Kier alpha value is -1.46. The van der Waals surface area contributed by atoms with Gasteiger partial charge in [0.2, 0.25) is 0 Å². The van der Waals surface area contributed by atoms with Crippen molar-refractivity contribution in [2.75, 3.05) is 0 Å². The van der Waals surface area contributed by atoms with E-state index in [-0.39, 0.29) is 6.04 Å². The molecule has 0 spiro atoms. The summed E-state index contributed by atoms with van der Waals surface area (Å²) in [7, 11) is 0. The van der Waals surface area contributed by atoms with Crippen molar-refractivity contribution in [2.24, 2.45) is 23.7 Å². The van der Waals surface area contributed by atoms with Gasteiger partial charge in [-0.3, -0.25) is 4.79 Å². The second-order valence-corrected chi connectivity index (χ2v) is 6.55. The van der Waals surface area contributed by atoms with Gasteiger partial charge >= 0.3 is 5.97 Å². The topological polar surface area (TPSA) is 80.9 Å². The monoisotopic (exact) mass is 278 g/mol. The van der Waals surface area contributed by atoms with Crippen molar-refractivity contribution >= 4 is 5.97 Å². The number of hydrogen-bond acceptors (Lipinski definition) is 4. The highest BCUT2D eigenvalue weighted by atomic mass is 16.4. The average molecular weight is 278 g/mol. The number of carbonyl (C=O) groups is 1. The summed E-state index contributed by atoms with van der Waals surface area (Å²) in [5.74, 6) is 1.98. The number of carboxylic acid groups (broad SMARTS) is 1. The Bertz CT molecular complexity index is 501. The molecule has 5 atom stereocenters. The predicted molar refractivity (Wildman–Crippen MR) is 72.0 cm³/mol. The van der Waals surface area contributed by atoms with E-state index in [0.717, 1.165) is 24.1 Å². The molecule has 6 heteroatoms. The van der Waals surface area contributed by atoms with Crippen LogP contribution < -0.4 is 0 Å². The zero-order valence-electron chi connectivity index (χ0n) is 12.1. The number of rotatable bonds is 5. The van der Waals surface area contributed by atoms with Gasteiger partial charge in [0, 0.05) is 6.42 Å². The second kappa shape index (κ2) is 5.14. The van der Waals surface area contributed by atoms with Gasteiger partial charge in [0.15, 0.2) is 5.82 Å². The number of nitrogens with zero attached hydrogens (tertiary/aromatic N) is 4. The lowest BCUT2D eigenvalue weighted by atomic mass is 9.86. The molecule has 1 N–H and O–H groups in total. The number of tetrazole rings is 1. The Labute approximate surface area is 118 Å². The standard InChI is InChI=1S/C14H22N4O2/c1-8(14(19)20)9(2)18-13(15-16-17-18)7-12-6-10-3-4-11(12)5-10/h8-12H,3-7H2,1-2H3,(H,19,20). The molecule has 2 fully saturated rings. The van der Waals surface area contributed by atoms with E-state index in [0.29, 0.717) is 5.92 Å². The van der Waals surface area contributed by atoms with Crippen LogP contribution in [0, 0.1) is 23.7 Å². The second-order valence-electron chi connectivity index (χ2n) is 6.55. The quantitative estimate of drug-likeness (QED) is 0.890. The third-order valence-electron chi connectivity index (χ3n) is 5.39. The molecule has 5 unspecified atom stereocenters. The predicted octanol–water partition coefficient (Wildman–Crippen LogP) is 1.93. The van der Waals surface area contributed by atoms with Crippen LogP contribution in [0.4, 0.5) is 0 Å². The van der Waals surface area contributed by atoms with Crippen molar-refractivity contribution in [1.82, 2.24) is 20.2 Å². The van der Waals surface area contributed by atoms with Gasteiger partial charge < -0.3 is 5.11 Å². The van der Waals surface area contributed by atoms with E-state index in [4.69, 9.17) is 5.11 Å². The lowest BCUT2D eigenvalue weighted by Gasteiger charge is -2.22. The van der Waals surface area contributed by atoms with Gasteiger partial charge in [-0.05, 0) is 61.3 Å². The van der Waals surface area contributed by atoms with E-state index in [2.05, 4.69) is 15.5 Å². The normalized spacial score (nSPS) is 31.4. The van der Waals surface area contributed by atoms with Gasteiger partial charge in [-0.2, -0.15) is 0 Å². The van der Waals surface area contributed by atoms with Crippen LogP contribution in [0.25, 0.3) is 0 Å². The van der Waals surface area contributed by atoms with Crippen LogP contribution in [0.15, 0.2) is 0 Å². The third-order valence-corrected chi connectivity index (χ3v) is 5.39. The van der Waals surface area contributed by atoms with Crippen molar-refractivity contribution in [2.45, 2.75) is 52.0 Å². The Morgan fingerprint density at radius 2 is 2.20 bits per heavy atom. The molecule has 1 aromatic rings. The Morgan fingerprint density at radius 3 is 2.80 bits per heavy atom. The molecule has 1 aromatic heterocycles. The first-order valence-electron chi connectivity index (χ1n) is 7.55. The van der Waals surface area contributed by atoms with Crippen LogP contribution >= 0.6 is 0 Å². The molecule has 0 radical (unpaired) electrons. The molecule has 0 aliphatic heterocycles. The van der Waals surface area contributed by atoms with Gasteiger partial charge in [-0.1, -0.05) is 6.42 Å². The molecular weight excluding hydrogens is 256 g/mol. The first-order chi connectivity index (χ1) is 9.56. The molecule has 2 saturated carbocycles. The maximum Gasteiger partial charge on any atom is 0.308 e. The summed E-state index contributed by atoms with van der Waals surface area (Å²) in [4.78, 5) is 11.1. The van der Waals surface area contributed by atoms with Gasteiger partial charge in [-0.15, -0.1) is 5.10 Å². The SMILES string of the molecule is CC(C(=O)O)C(C)n1nnnc1CC1CC2CCC1C2. The van der Waals surface area contributed by atoms with Crippen LogP contribution in [-0.4, -0.2) is 31.3 Å². The molecule has 20 heavy (non-hydrogen) atoms. The third kappa shape index (κ3) is 2.31. The minimum Gasteiger partial charge on any atom is -0.481 e. The van der Waals surface area contributed by atoms with Crippen molar-refractivity contribution in [1.29, 1.82) is 0 Å². The van der Waals surface area contributed by atoms with E-state index in [1.807, 2.05) is 6.92 Å². The number of aromatic nitrogens is 4. The van der Waals surface area contributed by atoms with Crippen LogP contribution in [-0.2, 0) is 11.2 Å². The molecule has 1 heterocycles. The number of hydrogen-bond donors (Lipinski definition) is 1. The van der Waals surface area contributed by atoms with Crippen LogP contribution in [0.5, 0.6) is 0 Å².